The van der Waals surface area contributed by atoms with Crippen LogP contribution in [0, 0.1) is 5.82 Å². The van der Waals surface area contributed by atoms with Crippen LogP contribution in [0.3, 0.4) is 0 Å². The third-order valence-corrected chi connectivity index (χ3v) is 3.39. The van der Waals surface area contributed by atoms with Gasteiger partial charge in [-0.3, -0.25) is 4.79 Å². The number of carbonyl (C=O) groups excluding carboxylic acids is 1. The van der Waals surface area contributed by atoms with Gasteiger partial charge in [0.25, 0.3) is 0 Å². The average molecular weight is 427 g/mol. The lowest BCUT2D eigenvalue weighted by atomic mass is 10.1. The highest BCUT2D eigenvalue weighted by Gasteiger charge is 2.16. The van der Waals surface area contributed by atoms with Gasteiger partial charge in [-0.05, 0) is 45.4 Å². The van der Waals surface area contributed by atoms with Crippen LogP contribution < -0.4 is 10.1 Å². The molecule has 1 unspecified atom stereocenters. The van der Waals surface area contributed by atoms with E-state index < -0.39 is 23.9 Å². The zero-order valence-corrected chi connectivity index (χ0v) is 17.6. The van der Waals surface area contributed by atoms with E-state index in [0.717, 1.165) is 0 Å². The minimum Gasteiger partial charge on any atom is -0.490 e. The molecule has 0 bridgehead atoms. The highest BCUT2D eigenvalue weighted by Crippen LogP contribution is 2.22. The van der Waals surface area contributed by atoms with E-state index in [9.17, 15) is 23.9 Å². The summed E-state index contributed by atoms with van der Waals surface area (Å²) < 4.78 is 18.8. The minimum absolute atomic E-state index is 0.0428. The number of rotatable bonds is 10. The number of benzene rings is 1. The van der Waals surface area contributed by atoms with Crippen LogP contribution in [0.2, 0.25) is 0 Å². The van der Waals surface area contributed by atoms with E-state index in [1.807, 2.05) is 27.7 Å². The number of carboxylic acid groups (broad SMARTS) is 2. The highest BCUT2D eigenvalue weighted by atomic mass is 19.1. The predicted molar refractivity (Wildman–Crippen MR) is 109 cm³/mol. The van der Waals surface area contributed by atoms with Crippen LogP contribution in [0.1, 0.15) is 50.9 Å². The maximum atomic E-state index is 13.3. The number of aliphatic hydroxyl groups excluding tert-OH is 1. The molecule has 1 aromatic rings. The van der Waals surface area contributed by atoms with Crippen LogP contribution in [0.25, 0.3) is 0 Å². The summed E-state index contributed by atoms with van der Waals surface area (Å²) in [6.07, 6.45) is 1.43. The first-order valence-electron chi connectivity index (χ1n) is 9.38. The Labute approximate surface area is 175 Å². The zero-order valence-electron chi connectivity index (χ0n) is 17.6. The second-order valence-corrected chi connectivity index (χ2v) is 7.42. The van der Waals surface area contributed by atoms with Gasteiger partial charge in [0.1, 0.15) is 24.3 Å². The van der Waals surface area contributed by atoms with Crippen molar-refractivity contribution in [3.8, 4) is 5.75 Å². The minimum atomic E-state index is -1.26. The van der Waals surface area contributed by atoms with E-state index in [0.29, 0.717) is 37.3 Å². The van der Waals surface area contributed by atoms with Gasteiger partial charge in [0.15, 0.2) is 5.78 Å². The SMILES string of the molecule is CCCC(=O)c1cc(F)ccc1OCC(O)CNC(C)(C)C.O=C(O)C=CC(=O)O. The van der Waals surface area contributed by atoms with Gasteiger partial charge in [0.2, 0.25) is 0 Å². The summed E-state index contributed by atoms with van der Waals surface area (Å²) in [5, 5.41) is 28.7. The van der Waals surface area contributed by atoms with E-state index in [4.69, 9.17) is 14.9 Å². The monoisotopic (exact) mass is 427 g/mol. The molecule has 1 aromatic carbocycles. The second-order valence-electron chi connectivity index (χ2n) is 7.42. The van der Waals surface area contributed by atoms with Crippen LogP contribution in [0.4, 0.5) is 4.39 Å². The molecule has 0 aliphatic carbocycles. The first kappa shape index (κ1) is 27.2. The molecule has 1 atom stereocenters. The van der Waals surface area contributed by atoms with Crippen molar-refractivity contribution in [2.24, 2.45) is 0 Å². The summed E-state index contributed by atoms with van der Waals surface area (Å²) in [4.78, 5) is 31.1. The molecule has 0 aromatic heterocycles. The average Bonchev–Trinajstić information content (AvgIpc) is 2.63. The zero-order chi connectivity index (χ0) is 23.3. The van der Waals surface area contributed by atoms with Crippen LogP contribution >= 0.6 is 0 Å². The maximum Gasteiger partial charge on any atom is 0.328 e. The number of β-amino-alcohol motifs (C(OH)–C–C–N with tert-alkyl or cyclic N) is 1. The summed E-state index contributed by atoms with van der Waals surface area (Å²) in [7, 11) is 0. The smallest absolute Gasteiger partial charge is 0.328 e. The second kappa shape index (κ2) is 13.4. The van der Waals surface area contributed by atoms with Crippen molar-refractivity contribution in [2.75, 3.05) is 13.2 Å². The van der Waals surface area contributed by atoms with E-state index in [2.05, 4.69) is 5.32 Å². The first-order valence-corrected chi connectivity index (χ1v) is 9.38. The molecular weight excluding hydrogens is 397 g/mol. The number of Topliss-reactive ketones (excluding diaryl/α,β-unsaturated/α-hetero) is 1. The molecule has 0 fully saturated rings. The number of ether oxygens (including phenoxy) is 1. The molecule has 8 nitrogen and oxygen atoms in total. The van der Waals surface area contributed by atoms with Crippen molar-refractivity contribution in [1.29, 1.82) is 0 Å². The molecule has 0 aliphatic rings. The molecule has 0 heterocycles. The summed E-state index contributed by atoms with van der Waals surface area (Å²) in [5.74, 6) is -2.82. The molecule has 0 amide bonds. The Kier molecular flexibility index (Phi) is 12.2. The van der Waals surface area contributed by atoms with E-state index in [1.165, 1.54) is 18.2 Å². The van der Waals surface area contributed by atoms with Crippen molar-refractivity contribution in [2.45, 2.75) is 52.2 Å². The molecule has 168 valence electrons. The first-order chi connectivity index (χ1) is 13.9. The summed E-state index contributed by atoms with van der Waals surface area (Å²) in [6, 6.07) is 3.87. The van der Waals surface area contributed by atoms with Crippen LogP contribution in [0.15, 0.2) is 30.4 Å². The van der Waals surface area contributed by atoms with E-state index >= 15 is 0 Å². The third-order valence-electron chi connectivity index (χ3n) is 3.39. The number of ketones is 1. The molecule has 0 aliphatic heterocycles. The van der Waals surface area contributed by atoms with Gasteiger partial charge in [0.05, 0.1) is 5.56 Å². The predicted octanol–water partition coefficient (Wildman–Crippen LogP) is 2.65. The summed E-state index contributed by atoms with van der Waals surface area (Å²) in [6.45, 7) is 8.32. The molecule has 30 heavy (non-hydrogen) atoms. The standard InChI is InChI=1S/C17H26FNO3.C4H4O4/c1-5-6-15(21)14-9-12(18)7-8-16(14)22-11-13(20)10-19-17(2,3)4;5-3(6)1-2-4(7)8/h7-9,13,19-20H,5-6,10-11H2,1-4H3;1-2H,(H,5,6)(H,7,8). The summed E-state index contributed by atoms with van der Waals surface area (Å²) >= 11 is 0. The number of hydrogen-bond donors (Lipinski definition) is 4. The fourth-order valence-electron chi connectivity index (χ4n) is 2.02. The Bertz CT molecular complexity index is 725. The molecule has 0 saturated carbocycles. The number of halogens is 1. The number of nitrogens with one attached hydrogen (secondary N) is 1. The molecule has 4 N–H and O–H groups in total. The largest absolute Gasteiger partial charge is 0.490 e. The Morgan fingerprint density at radius 3 is 2.20 bits per heavy atom. The number of carbonyl (C=O) groups is 3. The fraction of sp³-hybridized carbons (Fsp3) is 0.476. The number of aliphatic carboxylic acids is 2. The van der Waals surface area contributed by atoms with Crippen LogP contribution in [-0.4, -0.2) is 57.8 Å². The molecule has 0 radical (unpaired) electrons. The lowest BCUT2D eigenvalue weighted by Gasteiger charge is -2.23. The number of aliphatic hydroxyl groups is 1. The topological polar surface area (TPSA) is 133 Å². The molecule has 0 saturated heterocycles. The van der Waals surface area contributed by atoms with Crippen LogP contribution in [-0.2, 0) is 9.59 Å². The molecule has 1 rings (SSSR count). The van der Waals surface area contributed by atoms with Gasteiger partial charge in [-0.15, -0.1) is 0 Å². The van der Waals surface area contributed by atoms with Gasteiger partial charge in [-0.1, -0.05) is 6.92 Å². The summed E-state index contributed by atoms with van der Waals surface area (Å²) in [5.41, 5.74) is 0.136. The van der Waals surface area contributed by atoms with E-state index in [-0.39, 0.29) is 23.5 Å². The molecule has 0 spiro atoms. The Hall–Kier alpha value is -2.78. The van der Waals surface area contributed by atoms with Gasteiger partial charge in [-0.25, -0.2) is 14.0 Å². The fourth-order valence-corrected chi connectivity index (χ4v) is 2.02. The van der Waals surface area contributed by atoms with Gasteiger partial charge < -0.3 is 25.4 Å². The number of carboxylic acids is 2. The Morgan fingerprint density at radius 1 is 1.17 bits per heavy atom. The third kappa shape index (κ3) is 13.4. The van der Waals surface area contributed by atoms with E-state index in [1.54, 1.807) is 0 Å². The maximum absolute atomic E-state index is 13.3. The van der Waals surface area contributed by atoms with Crippen molar-refractivity contribution in [1.82, 2.24) is 5.32 Å². The van der Waals surface area contributed by atoms with Crippen LogP contribution in [0.5, 0.6) is 5.75 Å². The Balaban J connectivity index is 0.000000890. The van der Waals surface area contributed by atoms with Crippen molar-refractivity contribution in [3.05, 3.63) is 41.7 Å². The Morgan fingerprint density at radius 2 is 1.73 bits per heavy atom. The lowest BCUT2D eigenvalue weighted by Crippen LogP contribution is -2.42. The highest BCUT2D eigenvalue weighted by molar-refractivity contribution is 5.98. The van der Waals surface area contributed by atoms with Gasteiger partial charge in [0, 0.05) is 30.7 Å². The lowest BCUT2D eigenvalue weighted by molar-refractivity contribution is -0.134. The normalized spacial score (nSPS) is 12.1. The van der Waals surface area contributed by atoms with Crippen molar-refractivity contribution >= 4 is 17.7 Å². The molecule has 9 heteroatoms. The van der Waals surface area contributed by atoms with Gasteiger partial charge in [-0.2, -0.15) is 0 Å². The quantitative estimate of drug-likeness (QED) is 0.331. The van der Waals surface area contributed by atoms with Crippen molar-refractivity contribution < 1.29 is 38.8 Å². The van der Waals surface area contributed by atoms with Crippen molar-refractivity contribution in [3.63, 3.8) is 0 Å². The number of hydrogen-bond acceptors (Lipinski definition) is 6. The molecular formula is C21H30FNO7. The van der Waals surface area contributed by atoms with Gasteiger partial charge >= 0.3 is 11.9 Å².